The summed E-state index contributed by atoms with van der Waals surface area (Å²) in [6.45, 7) is 4.64. The van der Waals surface area contributed by atoms with Crippen LogP contribution in [0.25, 0.3) is 99.8 Å². The van der Waals surface area contributed by atoms with Crippen LogP contribution in [0.4, 0.5) is 0 Å². The summed E-state index contributed by atoms with van der Waals surface area (Å²) in [6, 6.07) is 90.5. The molecule has 6 nitrogen and oxygen atoms in total. The van der Waals surface area contributed by atoms with Crippen LogP contribution in [0.15, 0.2) is 261 Å². The van der Waals surface area contributed by atoms with E-state index in [1.807, 2.05) is 12.3 Å². The fourth-order valence-corrected chi connectivity index (χ4v) is 11.6. The molecule has 0 amide bonds. The number of pyridine rings is 1. The van der Waals surface area contributed by atoms with E-state index in [-0.39, 0.29) is 5.41 Å². The highest BCUT2D eigenvalue weighted by atomic mass is 16.5. The molecule has 76 heavy (non-hydrogen) atoms. The molecule has 0 saturated heterocycles. The Morgan fingerprint density at radius 3 is 1.71 bits per heavy atom. The number of imidazole rings is 1. The van der Waals surface area contributed by atoms with Gasteiger partial charge in [0.2, 0.25) is 0 Å². The van der Waals surface area contributed by atoms with E-state index in [1.165, 1.54) is 21.9 Å². The predicted octanol–water partition coefficient (Wildman–Crippen LogP) is 16.9. The van der Waals surface area contributed by atoms with Gasteiger partial charge < -0.3 is 9.30 Å². The van der Waals surface area contributed by atoms with Crippen LogP contribution in [0.2, 0.25) is 0 Å². The Morgan fingerprint density at radius 2 is 1.04 bits per heavy atom. The first kappa shape index (κ1) is 44.9. The van der Waals surface area contributed by atoms with Crippen molar-refractivity contribution in [3.8, 4) is 56.6 Å². The van der Waals surface area contributed by atoms with E-state index in [0.29, 0.717) is 11.5 Å². The Kier molecular flexibility index (Phi) is 10.8. The van der Waals surface area contributed by atoms with E-state index in [9.17, 15) is 0 Å². The number of nitrogens with zero attached hydrogens (tertiary/aromatic N) is 5. The molecule has 6 heteroatoms. The van der Waals surface area contributed by atoms with Crippen molar-refractivity contribution in [2.75, 3.05) is 0 Å². The van der Waals surface area contributed by atoms with Crippen LogP contribution in [-0.2, 0) is 11.8 Å². The number of aromatic nitrogens is 5. The third-order valence-corrected chi connectivity index (χ3v) is 15.1. The van der Waals surface area contributed by atoms with Gasteiger partial charge in [-0.15, -0.1) is 0 Å². The number of ether oxygens (including phenoxy) is 1. The van der Waals surface area contributed by atoms with Gasteiger partial charge in [0.25, 0.3) is 6.33 Å². The van der Waals surface area contributed by atoms with Crippen molar-refractivity contribution in [2.24, 2.45) is 0 Å². The van der Waals surface area contributed by atoms with Gasteiger partial charge in [0.15, 0.2) is 0 Å². The molecule has 0 spiro atoms. The minimum atomic E-state index is -0.0946. The topological polar surface area (TPSA) is 40.8 Å². The van der Waals surface area contributed by atoms with Crippen LogP contribution in [-0.4, -0.2) is 18.7 Å². The monoisotopic (exact) mass is 977 g/mol. The lowest BCUT2D eigenvalue weighted by atomic mass is 9.79. The second-order valence-corrected chi connectivity index (χ2v) is 20.3. The standard InChI is InChI=1S/C70H51N5O/c1-70(2,51-26-10-5-11-27-51)46-48-40-41-71-67(42-48)75-62-37-17-14-32-59(62)68-65(74-60-35-15-12-30-57(60)58-31-13-16-36-61(58)74)44-54(45-66(68)75)76-53-29-20-28-52(43-53)72-47-73(64-39-19-18-38-63(64)72)69-55(49-22-6-3-7-23-49)33-21-34-56(69)50-24-8-4-9-25-50/h3-45H,46H2,1-2H3. The summed E-state index contributed by atoms with van der Waals surface area (Å²) in [5, 5.41) is 4.63. The van der Waals surface area contributed by atoms with E-state index < -0.39 is 0 Å². The van der Waals surface area contributed by atoms with Gasteiger partial charge in [-0.25, -0.2) is 4.98 Å². The molecule has 4 aromatic heterocycles. The van der Waals surface area contributed by atoms with Crippen LogP contribution in [0.3, 0.4) is 0 Å². The molecular formula is C70H51N5O. The summed E-state index contributed by atoms with van der Waals surface area (Å²) >= 11 is 0. The molecule has 14 aromatic rings. The Labute approximate surface area is 441 Å². The molecule has 0 bridgehead atoms. The quantitative estimate of drug-likeness (QED) is 0.0957. The molecule has 14 rings (SSSR count). The van der Waals surface area contributed by atoms with Gasteiger partial charge in [0.05, 0.1) is 50.2 Å². The molecule has 0 aliphatic heterocycles. The van der Waals surface area contributed by atoms with E-state index in [4.69, 9.17) is 9.72 Å². The predicted molar refractivity (Wildman–Crippen MR) is 311 cm³/mol. The number of fused-ring (bicyclic) bond motifs is 7. The average molecular weight is 978 g/mol. The highest BCUT2D eigenvalue weighted by Gasteiger charge is 2.25. The van der Waals surface area contributed by atoms with E-state index in [1.54, 1.807) is 0 Å². The fourth-order valence-electron chi connectivity index (χ4n) is 11.6. The number of rotatable bonds is 11. The van der Waals surface area contributed by atoms with Gasteiger partial charge in [0.1, 0.15) is 17.3 Å². The average Bonchev–Trinajstić information content (AvgIpc) is 4.14. The Morgan fingerprint density at radius 1 is 0.474 bits per heavy atom. The zero-order valence-corrected chi connectivity index (χ0v) is 42.2. The highest BCUT2D eigenvalue weighted by Crippen LogP contribution is 2.43. The third kappa shape index (κ3) is 7.65. The number of hydrogen-bond acceptors (Lipinski definition) is 2. The molecule has 0 radical (unpaired) electrons. The van der Waals surface area contributed by atoms with Crippen LogP contribution in [0.1, 0.15) is 25.0 Å². The van der Waals surface area contributed by atoms with Gasteiger partial charge in [0, 0.05) is 39.9 Å². The normalized spacial score (nSPS) is 11.9. The van der Waals surface area contributed by atoms with Crippen molar-refractivity contribution in [3.05, 3.63) is 278 Å². The van der Waals surface area contributed by atoms with Gasteiger partial charge >= 0.3 is 0 Å². The van der Waals surface area contributed by atoms with Gasteiger partial charge in [-0.1, -0.05) is 208 Å². The first-order chi connectivity index (χ1) is 37.4. The van der Waals surface area contributed by atoms with Crippen molar-refractivity contribution >= 4 is 54.6 Å². The smallest absolute Gasteiger partial charge is 0.269 e. The molecule has 4 heterocycles. The maximum Gasteiger partial charge on any atom is 0.269 e. The molecule has 0 unspecified atom stereocenters. The van der Waals surface area contributed by atoms with Crippen molar-refractivity contribution in [3.63, 3.8) is 0 Å². The zero-order chi connectivity index (χ0) is 50.7. The molecule has 362 valence electrons. The van der Waals surface area contributed by atoms with Crippen LogP contribution < -0.4 is 9.30 Å². The SMILES string of the molecule is CC(C)(Cc1ccnc(-n2c3ccccc3c3c(-n4c5ccccc5c5ccccc54)cc(Oc4cccc(-n5[c-][n+](-c6c(-c7ccccc7)cccc6-c6ccccc6)c6ccccc65)c4)cc32)c1)c1ccccc1. The molecule has 0 aliphatic carbocycles. The lowest BCUT2D eigenvalue weighted by Gasteiger charge is -2.25. The maximum atomic E-state index is 7.21. The van der Waals surface area contributed by atoms with Gasteiger partial charge in [-0.2, -0.15) is 0 Å². The summed E-state index contributed by atoms with van der Waals surface area (Å²) in [7, 11) is 0. The van der Waals surface area contributed by atoms with Crippen molar-refractivity contribution in [1.82, 2.24) is 18.7 Å². The third-order valence-electron chi connectivity index (χ3n) is 15.1. The summed E-state index contributed by atoms with van der Waals surface area (Å²) < 4.78 is 16.3. The van der Waals surface area contributed by atoms with Gasteiger partial charge in [-0.05, 0) is 93.7 Å². The maximum absolute atomic E-state index is 7.21. The number of para-hydroxylation sites is 6. The number of benzene rings is 10. The summed E-state index contributed by atoms with van der Waals surface area (Å²) in [4.78, 5) is 5.14. The van der Waals surface area contributed by atoms with Crippen molar-refractivity contribution < 1.29 is 9.30 Å². The number of hydrogen-bond donors (Lipinski definition) is 0. The van der Waals surface area contributed by atoms with E-state index >= 15 is 0 Å². The molecule has 0 atom stereocenters. The summed E-state index contributed by atoms with van der Waals surface area (Å²) in [5.41, 5.74) is 16.3. The summed E-state index contributed by atoms with van der Waals surface area (Å²) in [6.07, 6.45) is 6.66. The molecule has 0 aliphatic rings. The van der Waals surface area contributed by atoms with Crippen LogP contribution >= 0.6 is 0 Å². The van der Waals surface area contributed by atoms with E-state index in [0.717, 1.165) is 95.4 Å². The van der Waals surface area contributed by atoms with Crippen molar-refractivity contribution in [2.45, 2.75) is 25.7 Å². The lowest BCUT2D eigenvalue weighted by Crippen LogP contribution is -2.31. The Bertz CT molecular complexity index is 4380. The molecule has 10 aromatic carbocycles. The fraction of sp³-hybridized carbons (Fsp3) is 0.0571. The zero-order valence-electron chi connectivity index (χ0n) is 42.2. The van der Waals surface area contributed by atoms with Crippen LogP contribution in [0, 0.1) is 6.33 Å². The minimum absolute atomic E-state index is 0.0946. The molecule has 0 fully saturated rings. The minimum Gasteiger partial charge on any atom is -0.458 e. The Hall–Kier alpha value is -9.78. The highest BCUT2D eigenvalue weighted by molar-refractivity contribution is 6.16. The Balaban J connectivity index is 0.949. The molecule has 0 N–H and O–H groups in total. The van der Waals surface area contributed by atoms with E-state index in [2.05, 4.69) is 287 Å². The lowest BCUT2D eigenvalue weighted by molar-refractivity contribution is -0.571. The molecule has 0 saturated carbocycles. The first-order valence-electron chi connectivity index (χ1n) is 26.0. The largest absolute Gasteiger partial charge is 0.458 e. The van der Waals surface area contributed by atoms with Gasteiger partial charge in [-0.3, -0.25) is 13.7 Å². The summed E-state index contributed by atoms with van der Waals surface area (Å²) in [5.74, 6) is 2.25. The first-order valence-corrected chi connectivity index (χ1v) is 26.0. The van der Waals surface area contributed by atoms with Crippen LogP contribution in [0.5, 0.6) is 11.5 Å². The second kappa shape index (κ2) is 18.3. The molecular weight excluding hydrogens is 927 g/mol. The second-order valence-electron chi connectivity index (χ2n) is 20.3. The van der Waals surface area contributed by atoms with Crippen molar-refractivity contribution in [1.29, 1.82) is 0 Å².